The molecule has 0 radical (unpaired) electrons. The van der Waals surface area contributed by atoms with Crippen molar-refractivity contribution < 1.29 is 9.90 Å². The topological polar surface area (TPSA) is 43.8 Å². The van der Waals surface area contributed by atoms with Crippen LogP contribution in [0.25, 0.3) is 0 Å². The molecule has 1 saturated heterocycles. The smallest absolute Gasteiger partial charge is 0.240 e. The number of carbonyl (C=O) groups is 1. The van der Waals surface area contributed by atoms with Gasteiger partial charge < -0.3 is 10.0 Å². The lowest BCUT2D eigenvalue weighted by Crippen LogP contribution is -2.54. The fourth-order valence-electron chi connectivity index (χ4n) is 2.39. The highest BCUT2D eigenvalue weighted by Crippen LogP contribution is 2.21. The van der Waals surface area contributed by atoms with Crippen LogP contribution in [-0.4, -0.2) is 53.1 Å². The number of amides is 1. The number of aliphatic hydroxyl groups excluding tert-OH is 1. The molecular weight excluding hydrogens is 204 g/mol. The molecule has 0 unspecified atom stereocenters. The average Bonchev–Trinajstić information content (AvgIpc) is 2.70. The highest BCUT2D eigenvalue weighted by molar-refractivity contribution is 5.80. The van der Waals surface area contributed by atoms with Gasteiger partial charge in [-0.2, -0.15) is 0 Å². The van der Waals surface area contributed by atoms with Crippen molar-refractivity contribution >= 4 is 5.91 Å². The Kier molecular flexibility index (Phi) is 3.61. The maximum absolute atomic E-state index is 12.0. The van der Waals surface area contributed by atoms with Crippen molar-refractivity contribution in [2.75, 3.05) is 26.2 Å². The lowest BCUT2D eigenvalue weighted by Gasteiger charge is -2.36. The molecule has 1 aliphatic heterocycles. The van der Waals surface area contributed by atoms with Crippen LogP contribution >= 0.6 is 0 Å². The van der Waals surface area contributed by atoms with E-state index in [4.69, 9.17) is 5.11 Å². The summed E-state index contributed by atoms with van der Waals surface area (Å²) in [5.41, 5.74) is 1.19. The van der Waals surface area contributed by atoms with Crippen LogP contribution in [-0.2, 0) is 4.79 Å². The van der Waals surface area contributed by atoms with Crippen molar-refractivity contribution in [3.05, 3.63) is 11.8 Å². The molecule has 1 amide bonds. The van der Waals surface area contributed by atoms with Gasteiger partial charge in [0, 0.05) is 25.3 Å². The third kappa shape index (κ3) is 2.44. The standard InChI is InChI=1S/C12H20N2O2/c1-2-14(10-5-3-4-6-10)12(16)9-13-7-11(15)8-13/h5,11,15H,2-4,6-9H2,1H3. The summed E-state index contributed by atoms with van der Waals surface area (Å²) < 4.78 is 0. The van der Waals surface area contributed by atoms with Crippen LogP contribution in [0.4, 0.5) is 0 Å². The van der Waals surface area contributed by atoms with E-state index in [0.29, 0.717) is 19.6 Å². The van der Waals surface area contributed by atoms with E-state index in [2.05, 4.69) is 6.08 Å². The number of allylic oxidation sites excluding steroid dienone is 2. The molecule has 0 bridgehead atoms. The molecule has 4 heteroatoms. The number of hydrogen-bond acceptors (Lipinski definition) is 3. The Morgan fingerprint density at radius 3 is 2.88 bits per heavy atom. The average molecular weight is 224 g/mol. The molecule has 16 heavy (non-hydrogen) atoms. The number of aliphatic hydroxyl groups is 1. The molecule has 1 aliphatic carbocycles. The summed E-state index contributed by atoms with van der Waals surface area (Å²) in [5.74, 6) is 0.169. The molecule has 0 spiro atoms. The third-order valence-electron chi connectivity index (χ3n) is 3.28. The van der Waals surface area contributed by atoms with Crippen LogP contribution in [0.15, 0.2) is 11.8 Å². The molecule has 0 aromatic rings. The van der Waals surface area contributed by atoms with Crippen molar-refractivity contribution in [1.82, 2.24) is 9.80 Å². The predicted molar refractivity (Wildman–Crippen MR) is 61.8 cm³/mol. The summed E-state index contributed by atoms with van der Waals surface area (Å²) in [6, 6.07) is 0. The van der Waals surface area contributed by atoms with Gasteiger partial charge in [0.1, 0.15) is 0 Å². The number of nitrogens with zero attached hydrogens (tertiary/aromatic N) is 2. The molecule has 2 aliphatic rings. The molecular formula is C12H20N2O2. The first-order valence-electron chi connectivity index (χ1n) is 6.10. The van der Waals surface area contributed by atoms with Crippen LogP contribution in [0.3, 0.4) is 0 Å². The monoisotopic (exact) mass is 224 g/mol. The fourth-order valence-corrected chi connectivity index (χ4v) is 2.39. The summed E-state index contributed by atoms with van der Waals surface area (Å²) in [5, 5.41) is 9.16. The second-order valence-electron chi connectivity index (χ2n) is 4.57. The lowest BCUT2D eigenvalue weighted by atomic mass is 10.1. The van der Waals surface area contributed by atoms with Gasteiger partial charge in [-0.25, -0.2) is 0 Å². The number of rotatable bonds is 4. The van der Waals surface area contributed by atoms with E-state index in [1.807, 2.05) is 16.7 Å². The first-order valence-corrected chi connectivity index (χ1v) is 6.10. The Morgan fingerprint density at radius 2 is 2.38 bits per heavy atom. The molecule has 0 saturated carbocycles. The number of carbonyl (C=O) groups excluding carboxylic acids is 1. The Bertz CT molecular complexity index is 295. The van der Waals surface area contributed by atoms with Crippen LogP contribution in [0.1, 0.15) is 26.2 Å². The summed E-state index contributed by atoms with van der Waals surface area (Å²) in [7, 11) is 0. The van der Waals surface area contributed by atoms with Gasteiger partial charge in [0.15, 0.2) is 0 Å². The largest absolute Gasteiger partial charge is 0.390 e. The quantitative estimate of drug-likeness (QED) is 0.759. The number of β-amino-alcohol motifs (C(OH)–C–C–N with tert-alkyl or cyclic N) is 1. The van der Waals surface area contributed by atoms with Crippen LogP contribution in [0, 0.1) is 0 Å². The first-order chi connectivity index (χ1) is 7.70. The summed E-state index contributed by atoms with van der Waals surface area (Å²) >= 11 is 0. The Morgan fingerprint density at radius 1 is 1.62 bits per heavy atom. The molecule has 0 aromatic carbocycles. The van der Waals surface area contributed by atoms with E-state index in [1.165, 1.54) is 12.1 Å². The number of likely N-dealkylation sites (tertiary alicyclic amines) is 1. The first kappa shape index (κ1) is 11.6. The second kappa shape index (κ2) is 4.97. The van der Waals surface area contributed by atoms with Gasteiger partial charge in [0.2, 0.25) is 5.91 Å². The zero-order valence-electron chi connectivity index (χ0n) is 9.85. The van der Waals surface area contributed by atoms with E-state index in [0.717, 1.165) is 19.4 Å². The van der Waals surface area contributed by atoms with E-state index in [9.17, 15) is 4.79 Å². The van der Waals surface area contributed by atoms with Gasteiger partial charge in [-0.1, -0.05) is 6.08 Å². The van der Waals surface area contributed by atoms with Gasteiger partial charge in [-0.3, -0.25) is 9.69 Å². The molecule has 1 heterocycles. The Balaban J connectivity index is 1.86. The zero-order valence-corrected chi connectivity index (χ0v) is 9.85. The SMILES string of the molecule is CCN(C(=O)CN1CC(O)C1)C1=CCCC1. The Hall–Kier alpha value is -0.870. The zero-order chi connectivity index (χ0) is 11.5. The predicted octanol–water partition coefficient (Wildman–Crippen LogP) is 0.579. The molecule has 0 atom stereocenters. The van der Waals surface area contributed by atoms with E-state index in [1.54, 1.807) is 0 Å². The van der Waals surface area contributed by atoms with Gasteiger partial charge >= 0.3 is 0 Å². The minimum atomic E-state index is -0.228. The third-order valence-corrected chi connectivity index (χ3v) is 3.28. The molecule has 1 fully saturated rings. The summed E-state index contributed by atoms with van der Waals surface area (Å²) in [4.78, 5) is 15.9. The Labute approximate surface area is 96.5 Å². The van der Waals surface area contributed by atoms with Crippen LogP contribution in [0.5, 0.6) is 0 Å². The fraction of sp³-hybridized carbons (Fsp3) is 0.750. The minimum absolute atomic E-state index is 0.169. The van der Waals surface area contributed by atoms with Gasteiger partial charge in [-0.15, -0.1) is 0 Å². The van der Waals surface area contributed by atoms with E-state index < -0.39 is 0 Å². The second-order valence-corrected chi connectivity index (χ2v) is 4.57. The highest BCUT2D eigenvalue weighted by Gasteiger charge is 2.28. The molecule has 0 aromatic heterocycles. The van der Waals surface area contributed by atoms with Crippen molar-refractivity contribution in [3.8, 4) is 0 Å². The van der Waals surface area contributed by atoms with E-state index >= 15 is 0 Å². The van der Waals surface area contributed by atoms with Gasteiger partial charge in [0.05, 0.1) is 12.6 Å². The summed E-state index contributed by atoms with van der Waals surface area (Å²) in [6.45, 7) is 4.50. The number of hydrogen-bond donors (Lipinski definition) is 1. The minimum Gasteiger partial charge on any atom is -0.390 e. The maximum Gasteiger partial charge on any atom is 0.240 e. The van der Waals surface area contributed by atoms with Gasteiger partial charge in [-0.05, 0) is 26.2 Å². The molecule has 2 rings (SSSR count). The molecule has 4 nitrogen and oxygen atoms in total. The normalized spacial score (nSPS) is 21.8. The van der Waals surface area contributed by atoms with Crippen molar-refractivity contribution in [2.45, 2.75) is 32.3 Å². The van der Waals surface area contributed by atoms with E-state index in [-0.39, 0.29) is 12.0 Å². The maximum atomic E-state index is 12.0. The molecule has 90 valence electrons. The highest BCUT2D eigenvalue weighted by atomic mass is 16.3. The lowest BCUT2D eigenvalue weighted by molar-refractivity contribution is -0.133. The van der Waals surface area contributed by atoms with Crippen molar-refractivity contribution in [1.29, 1.82) is 0 Å². The molecule has 1 N–H and O–H groups in total. The van der Waals surface area contributed by atoms with Crippen molar-refractivity contribution in [3.63, 3.8) is 0 Å². The van der Waals surface area contributed by atoms with Crippen LogP contribution in [0.2, 0.25) is 0 Å². The number of likely N-dealkylation sites (N-methyl/N-ethyl adjacent to an activating group) is 1. The summed E-state index contributed by atoms with van der Waals surface area (Å²) in [6.07, 6.45) is 5.24. The van der Waals surface area contributed by atoms with Gasteiger partial charge in [0.25, 0.3) is 0 Å². The van der Waals surface area contributed by atoms with Crippen molar-refractivity contribution in [2.24, 2.45) is 0 Å². The van der Waals surface area contributed by atoms with Crippen LogP contribution < -0.4 is 0 Å².